The topological polar surface area (TPSA) is 67.3 Å². The lowest BCUT2D eigenvalue weighted by molar-refractivity contribution is 0.0980. The number of nitrogens with zero attached hydrogens (tertiary/aromatic N) is 3. The van der Waals surface area contributed by atoms with Crippen LogP contribution in [0.4, 0.5) is 17.3 Å². The summed E-state index contributed by atoms with van der Waals surface area (Å²) < 4.78 is 5.34. The Bertz CT molecular complexity index is 974. The van der Waals surface area contributed by atoms with Gasteiger partial charge in [-0.25, -0.2) is 9.97 Å². The van der Waals surface area contributed by atoms with E-state index in [-0.39, 0.29) is 5.91 Å². The maximum absolute atomic E-state index is 13.1. The van der Waals surface area contributed by atoms with Crippen LogP contribution in [-0.2, 0) is 6.42 Å². The van der Waals surface area contributed by atoms with Gasteiger partial charge in [0.15, 0.2) is 0 Å². The SMILES string of the molecule is COc1ccccc1Nc1nccc(C(=O)N2CCCc3ccccc32)n1. The Morgan fingerprint density at radius 1 is 1.11 bits per heavy atom. The fraction of sp³-hybridized carbons (Fsp3) is 0.190. The van der Waals surface area contributed by atoms with Crippen molar-refractivity contribution in [3.05, 3.63) is 72.1 Å². The van der Waals surface area contributed by atoms with Gasteiger partial charge in [-0.05, 0) is 42.7 Å². The van der Waals surface area contributed by atoms with Gasteiger partial charge in [-0.3, -0.25) is 4.79 Å². The van der Waals surface area contributed by atoms with Crippen LogP contribution in [0.5, 0.6) is 5.75 Å². The van der Waals surface area contributed by atoms with E-state index in [9.17, 15) is 4.79 Å². The van der Waals surface area contributed by atoms with Crippen molar-refractivity contribution in [2.45, 2.75) is 12.8 Å². The fourth-order valence-corrected chi connectivity index (χ4v) is 3.29. The number of benzene rings is 2. The van der Waals surface area contributed by atoms with Crippen molar-refractivity contribution in [3.63, 3.8) is 0 Å². The van der Waals surface area contributed by atoms with Crippen LogP contribution in [0.25, 0.3) is 0 Å². The van der Waals surface area contributed by atoms with E-state index < -0.39 is 0 Å². The summed E-state index contributed by atoms with van der Waals surface area (Å²) in [4.78, 5) is 23.5. The number of anilines is 3. The Kier molecular flexibility index (Phi) is 4.70. The van der Waals surface area contributed by atoms with Crippen LogP contribution in [0, 0.1) is 0 Å². The fourth-order valence-electron chi connectivity index (χ4n) is 3.29. The van der Waals surface area contributed by atoms with E-state index in [1.165, 1.54) is 5.56 Å². The minimum absolute atomic E-state index is 0.118. The number of fused-ring (bicyclic) bond motifs is 1. The molecule has 4 rings (SSSR count). The molecule has 27 heavy (non-hydrogen) atoms. The average Bonchev–Trinajstić information content (AvgIpc) is 2.73. The van der Waals surface area contributed by atoms with Crippen molar-refractivity contribution >= 4 is 23.2 Å². The lowest BCUT2D eigenvalue weighted by Gasteiger charge is -2.29. The lowest BCUT2D eigenvalue weighted by Crippen LogP contribution is -2.36. The van der Waals surface area contributed by atoms with Crippen LogP contribution < -0.4 is 15.0 Å². The van der Waals surface area contributed by atoms with Crippen molar-refractivity contribution in [2.75, 3.05) is 23.9 Å². The molecule has 6 nitrogen and oxygen atoms in total. The van der Waals surface area contributed by atoms with Gasteiger partial charge in [-0.1, -0.05) is 30.3 Å². The molecule has 0 saturated carbocycles. The van der Waals surface area contributed by atoms with E-state index in [4.69, 9.17) is 4.74 Å². The van der Waals surface area contributed by atoms with Crippen LogP contribution in [0.15, 0.2) is 60.8 Å². The zero-order valence-corrected chi connectivity index (χ0v) is 15.1. The Morgan fingerprint density at radius 3 is 2.81 bits per heavy atom. The second-order valence-electron chi connectivity index (χ2n) is 6.28. The van der Waals surface area contributed by atoms with Gasteiger partial charge in [0.1, 0.15) is 11.4 Å². The first-order valence-electron chi connectivity index (χ1n) is 8.89. The third-order valence-electron chi connectivity index (χ3n) is 4.58. The van der Waals surface area contributed by atoms with Gasteiger partial charge in [-0.2, -0.15) is 0 Å². The highest BCUT2D eigenvalue weighted by molar-refractivity contribution is 6.05. The first-order valence-corrected chi connectivity index (χ1v) is 8.89. The van der Waals surface area contributed by atoms with Crippen molar-refractivity contribution in [2.24, 2.45) is 0 Å². The van der Waals surface area contributed by atoms with E-state index >= 15 is 0 Å². The van der Waals surface area contributed by atoms with Crippen LogP contribution in [0.3, 0.4) is 0 Å². The van der Waals surface area contributed by atoms with Crippen LogP contribution in [-0.4, -0.2) is 29.5 Å². The number of aryl methyl sites for hydroxylation is 1. The largest absolute Gasteiger partial charge is 0.495 e. The first-order chi connectivity index (χ1) is 13.3. The average molecular weight is 360 g/mol. The maximum Gasteiger partial charge on any atom is 0.277 e. The van der Waals surface area contributed by atoms with Crippen LogP contribution >= 0.6 is 0 Å². The molecule has 3 aromatic rings. The highest BCUT2D eigenvalue weighted by Gasteiger charge is 2.24. The normalized spacial score (nSPS) is 13.0. The summed E-state index contributed by atoms with van der Waals surface area (Å²) in [7, 11) is 1.61. The van der Waals surface area contributed by atoms with Gasteiger partial charge in [0.25, 0.3) is 5.91 Å². The van der Waals surface area contributed by atoms with E-state index in [1.807, 2.05) is 42.5 Å². The number of methoxy groups -OCH3 is 1. The van der Waals surface area contributed by atoms with E-state index in [0.29, 0.717) is 23.9 Å². The molecule has 1 aliphatic heterocycles. The van der Waals surface area contributed by atoms with Gasteiger partial charge in [0.2, 0.25) is 5.95 Å². The monoisotopic (exact) mass is 360 g/mol. The molecule has 0 radical (unpaired) electrons. The first kappa shape index (κ1) is 17.0. The Hall–Kier alpha value is -3.41. The molecule has 2 heterocycles. The smallest absolute Gasteiger partial charge is 0.277 e. The molecule has 2 aromatic carbocycles. The number of amides is 1. The molecule has 1 N–H and O–H groups in total. The van der Waals surface area contributed by atoms with Gasteiger partial charge < -0.3 is 15.0 Å². The summed E-state index contributed by atoms with van der Waals surface area (Å²) in [5.41, 5.74) is 3.26. The standard InChI is InChI=1S/C21H20N4O2/c1-27-19-11-5-3-9-16(19)23-21-22-13-12-17(24-21)20(26)25-14-6-8-15-7-2-4-10-18(15)25/h2-5,7,9-13H,6,8,14H2,1H3,(H,22,23,24). The summed E-state index contributed by atoms with van der Waals surface area (Å²) in [5, 5.41) is 3.12. The highest BCUT2D eigenvalue weighted by atomic mass is 16.5. The number of rotatable bonds is 4. The molecule has 1 aliphatic rings. The molecule has 0 saturated heterocycles. The molecule has 1 amide bonds. The highest BCUT2D eigenvalue weighted by Crippen LogP contribution is 2.28. The number of ether oxygens (including phenoxy) is 1. The zero-order valence-electron chi connectivity index (χ0n) is 15.1. The third kappa shape index (κ3) is 3.46. The molecule has 136 valence electrons. The second-order valence-corrected chi connectivity index (χ2v) is 6.28. The van der Waals surface area contributed by atoms with Gasteiger partial charge in [-0.15, -0.1) is 0 Å². The number of carbonyl (C=O) groups excluding carboxylic acids is 1. The van der Waals surface area contributed by atoms with Gasteiger partial charge >= 0.3 is 0 Å². The van der Waals surface area contributed by atoms with Crippen molar-refractivity contribution in [3.8, 4) is 5.75 Å². The van der Waals surface area contributed by atoms with E-state index in [0.717, 1.165) is 24.2 Å². The Morgan fingerprint density at radius 2 is 1.93 bits per heavy atom. The summed E-state index contributed by atoms with van der Waals surface area (Å²) in [6.45, 7) is 0.690. The van der Waals surface area contributed by atoms with Crippen LogP contribution in [0.1, 0.15) is 22.5 Å². The van der Waals surface area contributed by atoms with Crippen molar-refractivity contribution in [1.82, 2.24) is 9.97 Å². The zero-order chi connectivity index (χ0) is 18.6. The number of nitrogens with one attached hydrogen (secondary N) is 1. The third-order valence-corrected chi connectivity index (χ3v) is 4.58. The lowest BCUT2D eigenvalue weighted by atomic mass is 10.0. The maximum atomic E-state index is 13.1. The van der Waals surface area contributed by atoms with E-state index in [1.54, 1.807) is 24.3 Å². The second kappa shape index (κ2) is 7.45. The minimum Gasteiger partial charge on any atom is -0.495 e. The molecular weight excluding hydrogens is 340 g/mol. The number of hydrogen-bond acceptors (Lipinski definition) is 5. The molecule has 1 aromatic heterocycles. The van der Waals surface area contributed by atoms with Gasteiger partial charge in [0, 0.05) is 18.4 Å². The number of hydrogen-bond donors (Lipinski definition) is 1. The number of carbonyl (C=O) groups is 1. The molecular formula is C21H20N4O2. The molecule has 0 fully saturated rings. The summed E-state index contributed by atoms with van der Waals surface area (Å²) in [6.07, 6.45) is 3.53. The predicted octanol–water partition coefficient (Wildman–Crippen LogP) is 3.82. The van der Waals surface area contributed by atoms with Gasteiger partial charge in [0.05, 0.1) is 12.8 Å². The summed E-state index contributed by atoms with van der Waals surface area (Å²) in [5.74, 6) is 0.922. The number of para-hydroxylation sites is 3. The molecule has 6 heteroatoms. The molecule has 0 bridgehead atoms. The molecule has 0 aliphatic carbocycles. The minimum atomic E-state index is -0.118. The molecule has 0 unspecified atom stereocenters. The summed E-state index contributed by atoms with van der Waals surface area (Å²) >= 11 is 0. The van der Waals surface area contributed by atoms with Crippen molar-refractivity contribution < 1.29 is 9.53 Å². The summed E-state index contributed by atoms with van der Waals surface area (Å²) in [6, 6.07) is 17.2. The predicted molar refractivity (Wildman–Crippen MR) is 105 cm³/mol. The Balaban J connectivity index is 1.61. The Labute approximate surface area is 157 Å². The number of aromatic nitrogens is 2. The van der Waals surface area contributed by atoms with E-state index in [2.05, 4.69) is 21.4 Å². The molecule has 0 atom stereocenters. The molecule has 0 spiro atoms. The van der Waals surface area contributed by atoms with Crippen molar-refractivity contribution in [1.29, 1.82) is 0 Å². The van der Waals surface area contributed by atoms with Crippen LogP contribution in [0.2, 0.25) is 0 Å². The quantitative estimate of drug-likeness (QED) is 0.766.